The Bertz CT molecular complexity index is 1210. The van der Waals surface area contributed by atoms with Crippen molar-refractivity contribution in [1.29, 1.82) is 0 Å². The third-order valence-corrected chi connectivity index (χ3v) is 8.68. The summed E-state index contributed by atoms with van der Waals surface area (Å²) in [6.07, 6.45) is 0.329. The van der Waals surface area contributed by atoms with Gasteiger partial charge in [0.15, 0.2) is 0 Å². The second-order valence-corrected chi connectivity index (χ2v) is 13.5. The van der Waals surface area contributed by atoms with Crippen molar-refractivity contribution in [2.75, 3.05) is 39.3 Å². The molecule has 0 bridgehead atoms. The third-order valence-electron chi connectivity index (χ3n) is 8.68. The van der Waals surface area contributed by atoms with Crippen molar-refractivity contribution >= 4 is 29.5 Å². The molecule has 4 atom stereocenters. The van der Waals surface area contributed by atoms with E-state index in [2.05, 4.69) is 33.1 Å². The number of ether oxygens (including phenoxy) is 1. The molecule has 0 unspecified atom stereocenters. The van der Waals surface area contributed by atoms with Crippen molar-refractivity contribution in [2.24, 2.45) is 17.8 Å². The molecule has 0 radical (unpaired) electrons. The molecule has 12 nitrogen and oxygen atoms in total. The number of para-hydroxylation sites is 1. The highest BCUT2D eigenvalue weighted by molar-refractivity contribution is 6.00. The lowest BCUT2D eigenvalue weighted by molar-refractivity contribution is -0.135. The van der Waals surface area contributed by atoms with Gasteiger partial charge in [0.1, 0.15) is 30.5 Å². The van der Waals surface area contributed by atoms with Crippen molar-refractivity contribution in [3.05, 3.63) is 29.8 Å². The van der Waals surface area contributed by atoms with Crippen molar-refractivity contribution in [3.63, 3.8) is 0 Å². The second-order valence-electron chi connectivity index (χ2n) is 13.5. The molecule has 2 aliphatic rings. The molecule has 0 spiro atoms. The molecule has 0 aromatic heterocycles. The first-order valence-electron chi connectivity index (χ1n) is 16.7. The zero-order valence-corrected chi connectivity index (χ0v) is 28.6. The van der Waals surface area contributed by atoms with E-state index in [1.807, 2.05) is 41.5 Å². The lowest BCUT2D eigenvalue weighted by atomic mass is 9.98. The molecule has 2 heterocycles. The molecule has 46 heavy (non-hydrogen) atoms. The first-order chi connectivity index (χ1) is 21.8. The third kappa shape index (κ3) is 10.4. The molecule has 2 aliphatic heterocycles. The Hall–Kier alpha value is -3.67. The fourth-order valence-electron chi connectivity index (χ4n) is 5.66. The van der Waals surface area contributed by atoms with Crippen LogP contribution < -0.4 is 26.0 Å². The van der Waals surface area contributed by atoms with Gasteiger partial charge in [-0.05, 0) is 49.3 Å². The molecule has 1 fully saturated rings. The van der Waals surface area contributed by atoms with Crippen LogP contribution in [0, 0.1) is 17.8 Å². The van der Waals surface area contributed by atoms with Crippen LogP contribution in [0.5, 0.6) is 5.75 Å². The van der Waals surface area contributed by atoms with Crippen LogP contribution >= 0.6 is 0 Å². The number of amides is 5. The molecule has 1 saturated heterocycles. The van der Waals surface area contributed by atoms with Crippen LogP contribution in [-0.2, 0) is 19.2 Å². The number of likely N-dealkylation sites (N-methyl/N-ethyl adjacent to an activating group) is 1. The molecule has 4 N–H and O–H groups in total. The minimum Gasteiger partial charge on any atom is -0.491 e. The lowest BCUT2D eigenvalue weighted by Crippen LogP contribution is -2.58. The number of nitrogens with zero attached hydrogens (tertiary/aromatic N) is 2. The smallest absolute Gasteiger partial charge is 0.255 e. The van der Waals surface area contributed by atoms with Gasteiger partial charge < -0.3 is 35.8 Å². The quantitative estimate of drug-likeness (QED) is 0.371. The second kappa shape index (κ2) is 17.3. The van der Waals surface area contributed by atoms with Gasteiger partial charge in [0.2, 0.25) is 23.6 Å². The minimum absolute atomic E-state index is 0.0257. The first kappa shape index (κ1) is 36.8. The van der Waals surface area contributed by atoms with Gasteiger partial charge in [-0.1, -0.05) is 60.6 Å². The zero-order valence-electron chi connectivity index (χ0n) is 28.6. The first-order valence-corrected chi connectivity index (χ1v) is 16.7. The Kier molecular flexibility index (Phi) is 13.8. The molecule has 3 rings (SSSR count). The maximum absolute atomic E-state index is 13.8. The monoisotopic (exact) mass is 642 g/mol. The SMILES string of the molecule is CCN1CCN(C(=O)[C@@H]2CCC(=O)N[C@H](CC(C)C)C(=O)N[C@@H](C(C)C)C(=O)N[C@H](C(C)C)COc3ccccc3C(=O)N2)CC1. The number of fused-ring (bicyclic) bond motifs is 1. The van der Waals surface area contributed by atoms with Crippen LogP contribution in [0.2, 0.25) is 0 Å². The molecular formula is C34H54N6O6. The van der Waals surface area contributed by atoms with Crippen LogP contribution in [0.3, 0.4) is 0 Å². The van der Waals surface area contributed by atoms with Crippen molar-refractivity contribution in [3.8, 4) is 5.75 Å². The fraction of sp³-hybridized carbons (Fsp3) is 0.676. The molecular weight excluding hydrogens is 588 g/mol. The minimum atomic E-state index is -0.955. The van der Waals surface area contributed by atoms with E-state index in [1.54, 1.807) is 29.2 Å². The molecule has 0 aliphatic carbocycles. The highest BCUT2D eigenvalue weighted by Gasteiger charge is 2.33. The standard InChI is InChI=1S/C34H54N6O6/c1-8-39-15-17-40(18-16-39)34(45)25-13-14-29(41)35-26(19-21(2)3)32(43)38-30(23(6)7)33(44)37-27(22(4)5)20-46-28-12-10-9-11-24(28)31(42)36-25/h9-12,21-23,25-27,30H,8,13-20H2,1-7H3,(H,35,41)(H,36,42)(H,37,44)(H,38,43)/t25-,26+,27-,30-/m0/s1. The molecule has 256 valence electrons. The number of benzene rings is 1. The van der Waals surface area contributed by atoms with Gasteiger partial charge >= 0.3 is 0 Å². The average Bonchev–Trinajstić information content (AvgIpc) is 3.02. The molecule has 1 aromatic carbocycles. The van der Waals surface area contributed by atoms with Gasteiger partial charge in [-0.3, -0.25) is 24.0 Å². The summed E-state index contributed by atoms with van der Waals surface area (Å²) in [5, 5.41) is 11.6. The Morgan fingerprint density at radius 1 is 0.870 bits per heavy atom. The summed E-state index contributed by atoms with van der Waals surface area (Å²) in [6, 6.07) is 3.67. The van der Waals surface area contributed by atoms with Gasteiger partial charge in [-0.2, -0.15) is 0 Å². The van der Waals surface area contributed by atoms with Crippen LogP contribution in [0.4, 0.5) is 0 Å². The van der Waals surface area contributed by atoms with Gasteiger partial charge in [-0.25, -0.2) is 0 Å². The number of carbonyl (C=O) groups excluding carboxylic acids is 5. The largest absolute Gasteiger partial charge is 0.491 e. The average molecular weight is 643 g/mol. The van der Waals surface area contributed by atoms with Gasteiger partial charge in [0, 0.05) is 32.6 Å². The van der Waals surface area contributed by atoms with Crippen molar-refractivity contribution < 1.29 is 28.7 Å². The maximum Gasteiger partial charge on any atom is 0.255 e. The van der Waals surface area contributed by atoms with Crippen LogP contribution in [0.15, 0.2) is 24.3 Å². The van der Waals surface area contributed by atoms with E-state index in [4.69, 9.17) is 4.74 Å². The number of hydrogen-bond acceptors (Lipinski definition) is 7. The van der Waals surface area contributed by atoms with Gasteiger partial charge in [0.05, 0.1) is 11.6 Å². The highest BCUT2D eigenvalue weighted by atomic mass is 16.5. The predicted octanol–water partition coefficient (Wildman–Crippen LogP) is 1.93. The van der Waals surface area contributed by atoms with Crippen LogP contribution in [0.1, 0.15) is 78.1 Å². The van der Waals surface area contributed by atoms with Gasteiger partial charge in [0.25, 0.3) is 5.91 Å². The Morgan fingerprint density at radius 2 is 1.54 bits per heavy atom. The Balaban J connectivity index is 1.97. The lowest BCUT2D eigenvalue weighted by Gasteiger charge is -2.36. The summed E-state index contributed by atoms with van der Waals surface area (Å²) in [7, 11) is 0. The number of hydrogen-bond donors (Lipinski definition) is 4. The normalized spacial score (nSPS) is 24.7. The molecule has 5 amide bonds. The molecule has 1 aromatic rings. The predicted molar refractivity (Wildman–Crippen MR) is 176 cm³/mol. The zero-order chi connectivity index (χ0) is 34.0. The van der Waals surface area contributed by atoms with Crippen LogP contribution in [0.25, 0.3) is 0 Å². The van der Waals surface area contributed by atoms with E-state index in [9.17, 15) is 24.0 Å². The van der Waals surface area contributed by atoms with E-state index in [1.165, 1.54) is 0 Å². The molecule has 12 heteroatoms. The van der Waals surface area contributed by atoms with E-state index in [-0.39, 0.29) is 54.6 Å². The van der Waals surface area contributed by atoms with E-state index < -0.39 is 41.9 Å². The Morgan fingerprint density at radius 3 is 2.15 bits per heavy atom. The summed E-state index contributed by atoms with van der Waals surface area (Å²) in [4.78, 5) is 71.7. The number of rotatable bonds is 6. The molecule has 0 saturated carbocycles. The highest BCUT2D eigenvalue weighted by Crippen LogP contribution is 2.20. The number of piperazine rings is 1. The summed E-state index contributed by atoms with van der Waals surface area (Å²) < 4.78 is 6.13. The number of carbonyl (C=O) groups is 5. The maximum atomic E-state index is 13.8. The topological polar surface area (TPSA) is 149 Å². The summed E-state index contributed by atoms with van der Waals surface area (Å²) in [5.74, 6) is -1.82. The van der Waals surface area contributed by atoms with E-state index >= 15 is 0 Å². The number of nitrogens with one attached hydrogen (secondary N) is 4. The van der Waals surface area contributed by atoms with Crippen LogP contribution in [-0.4, -0.2) is 103 Å². The summed E-state index contributed by atoms with van der Waals surface area (Å²) in [5.41, 5.74) is 0.250. The summed E-state index contributed by atoms with van der Waals surface area (Å²) in [6.45, 7) is 17.1. The Labute approximate surface area is 273 Å². The van der Waals surface area contributed by atoms with E-state index in [0.717, 1.165) is 19.6 Å². The fourth-order valence-corrected chi connectivity index (χ4v) is 5.66. The summed E-state index contributed by atoms with van der Waals surface area (Å²) >= 11 is 0. The van der Waals surface area contributed by atoms with Gasteiger partial charge in [-0.15, -0.1) is 0 Å². The van der Waals surface area contributed by atoms with E-state index in [0.29, 0.717) is 25.3 Å². The van der Waals surface area contributed by atoms with Crippen molar-refractivity contribution in [1.82, 2.24) is 31.1 Å². The van der Waals surface area contributed by atoms with Crippen molar-refractivity contribution in [2.45, 2.75) is 91.9 Å².